The van der Waals surface area contributed by atoms with Crippen LogP contribution in [0, 0.1) is 20.8 Å². The lowest BCUT2D eigenvalue weighted by Crippen LogP contribution is -2.11. The van der Waals surface area contributed by atoms with Crippen molar-refractivity contribution in [1.82, 2.24) is 29.7 Å². The molecule has 160 valence electrons. The minimum Gasteiger partial charge on any atom is -0.309 e. The summed E-state index contributed by atoms with van der Waals surface area (Å²) >= 11 is 3.04. The number of thioether (sulfide) groups is 1. The monoisotopic (exact) mass is 460 g/mol. The highest BCUT2D eigenvalue weighted by Gasteiger charge is 2.18. The normalized spacial score (nSPS) is 11.3. The zero-order valence-corrected chi connectivity index (χ0v) is 19.4. The summed E-state index contributed by atoms with van der Waals surface area (Å²) in [5.41, 5.74) is 3.98. The number of nitrogens with one attached hydrogen (secondary N) is 1. The van der Waals surface area contributed by atoms with Crippen molar-refractivity contribution in [3.63, 3.8) is 0 Å². The highest BCUT2D eigenvalue weighted by atomic mass is 32.2. The van der Waals surface area contributed by atoms with Gasteiger partial charge in [-0.05, 0) is 50.6 Å². The van der Waals surface area contributed by atoms with E-state index < -0.39 is 0 Å². The van der Waals surface area contributed by atoms with E-state index in [0.717, 1.165) is 37.5 Å². The van der Waals surface area contributed by atoms with Crippen LogP contribution in [0.1, 0.15) is 21.8 Å². The minimum absolute atomic E-state index is 0.0927. The fourth-order valence-electron chi connectivity index (χ4n) is 3.48. The van der Waals surface area contributed by atoms with Crippen LogP contribution in [0.15, 0.2) is 58.7 Å². The van der Waals surface area contributed by atoms with Gasteiger partial charge in [0.2, 0.25) is 0 Å². The topological polar surface area (TPSA) is 89.4 Å². The summed E-state index contributed by atoms with van der Waals surface area (Å²) in [6.45, 7) is 6.03. The number of thiophene rings is 1. The Morgan fingerprint density at radius 1 is 1.03 bits per heavy atom. The van der Waals surface area contributed by atoms with Gasteiger partial charge in [0.15, 0.2) is 11.0 Å². The van der Waals surface area contributed by atoms with Gasteiger partial charge in [0.25, 0.3) is 5.56 Å². The Labute approximate surface area is 192 Å². The summed E-state index contributed by atoms with van der Waals surface area (Å²) in [5.74, 6) is 1.83. The van der Waals surface area contributed by atoms with E-state index in [9.17, 15) is 4.79 Å². The molecular weight excluding hydrogens is 440 g/mol. The van der Waals surface area contributed by atoms with E-state index in [0.29, 0.717) is 17.0 Å². The van der Waals surface area contributed by atoms with Crippen molar-refractivity contribution in [3.8, 4) is 17.1 Å². The minimum atomic E-state index is -0.0927. The maximum Gasteiger partial charge on any atom is 0.259 e. The molecule has 32 heavy (non-hydrogen) atoms. The first-order valence-electron chi connectivity index (χ1n) is 10.1. The third kappa shape index (κ3) is 3.74. The molecule has 0 saturated heterocycles. The molecule has 1 aromatic carbocycles. The maximum absolute atomic E-state index is 12.6. The highest BCUT2D eigenvalue weighted by Crippen LogP contribution is 2.30. The predicted molar refractivity (Wildman–Crippen MR) is 129 cm³/mol. The molecule has 9 heteroatoms. The Morgan fingerprint density at radius 3 is 2.53 bits per heavy atom. The van der Waals surface area contributed by atoms with Crippen molar-refractivity contribution in [1.29, 1.82) is 0 Å². The maximum atomic E-state index is 12.6. The van der Waals surface area contributed by atoms with Gasteiger partial charge >= 0.3 is 0 Å². The number of hydrogen-bond acceptors (Lipinski definition) is 7. The summed E-state index contributed by atoms with van der Waals surface area (Å²) < 4.78 is 2.02. The van der Waals surface area contributed by atoms with Crippen LogP contribution in [0.4, 0.5) is 0 Å². The molecule has 0 amide bonds. The number of hydrogen-bond donors (Lipinski definition) is 1. The molecule has 1 N–H and O–H groups in total. The summed E-state index contributed by atoms with van der Waals surface area (Å²) in [7, 11) is 0. The number of nitrogens with zero attached hydrogens (tertiary/aromatic N) is 5. The molecule has 7 nitrogen and oxygen atoms in total. The quantitative estimate of drug-likeness (QED) is 0.377. The SMILES string of the molecule is Cc1ccc(-n2c(SCc3nc4sc(C)c(C)c4c(=O)[nH]3)nnc2-c2ccncc2)cc1. The van der Waals surface area contributed by atoms with Crippen molar-refractivity contribution < 1.29 is 0 Å². The molecule has 4 aromatic heterocycles. The van der Waals surface area contributed by atoms with Gasteiger partial charge in [-0.15, -0.1) is 21.5 Å². The average molecular weight is 461 g/mol. The fraction of sp³-hybridized carbons (Fsp3) is 0.174. The number of fused-ring (bicyclic) bond motifs is 1. The molecule has 5 rings (SSSR count). The highest BCUT2D eigenvalue weighted by molar-refractivity contribution is 7.98. The second-order valence-electron chi connectivity index (χ2n) is 7.48. The van der Waals surface area contributed by atoms with Crippen molar-refractivity contribution >= 4 is 33.3 Å². The second-order valence-corrected chi connectivity index (χ2v) is 9.62. The lowest BCUT2D eigenvalue weighted by atomic mass is 10.2. The van der Waals surface area contributed by atoms with E-state index in [2.05, 4.69) is 56.3 Å². The van der Waals surface area contributed by atoms with Gasteiger partial charge in [0.05, 0.1) is 11.1 Å². The van der Waals surface area contributed by atoms with Crippen molar-refractivity contribution in [2.45, 2.75) is 31.7 Å². The first-order valence-corrected chi connectivity index (χ1v) is 11.9. The lowest BCUT2D eigenvalue weighted by molar-refractivity contribution is 0.883. The molecule has 5 aromatic rings. The van der Waals surface area contributed by atoms with Crippen LogP contribution < -0.4 is 5.56 Å². The number of aromatic amines is 1. The zero-order chi connectivity index (χ0) is 22.2. The van der Waals surface area contributed by atoms with E-state index in [4.69, 9.17) is 0 Å². The Kier molecular flexibility index (Phi) is 5.36. The van der Waals surface area contributed by atoms with Crippen LogP contribution >= 0.6 is 23.1 Å². The molecule has 0 bridgehead atoms. The third-order valence-corrected chi connectivity index (χ3v) is 7.33. The number of rotatable bonds is 5. The van der Waals surface area contributed by atoms with Crippen LogP contribution in [0.25, 0.3) is 27.3 Å². The fourth-order valence-corrected chi connectivity index (χ4v) is 5.35. The van der Waals surface area contributed by atoms with E-state index in [1.165, 1.54) is 17.3 Å². The number of H-pyrrole nitrogens is 1. The number of pyridine rings is 1. The molecular formula is C23H20N6OS2. The summed E-state index contributed by atoms with van der Waals surface area (Å²) in [6, 6.07) is 12.1. The van der Waals surface area contributed by atoms with Gasteiger partial charge in [0.1, 0.15) is 10.7 Å². The summed E-state index contributed by atoms with van der Waals surface area (Å²) in [4.78, 5) is 26.2. The molecule has 0 saturated carbocycles. The van der Waals surface area contributed by atoms with Gasteiger partial charge < -0.3 is 4.98 Å². The van der Waals surface area contributed by atoms with Gasteiger partial charge in [-0.1, -0.05) is 29.5 Å². The Morgan fingerprint density at radius 2 is 1.78 bits per heavy atom. The van der Waals surface area contributed by atoms with Crippen molar-refractivity contribution in [2.24, 2.45) is 0 Å². The lowest BCUT2D eigenvalue weighted by Gasteiger charge is -2.10. The zero-order valence-electron chi connectivity index (χ0n) is 17.8. The number of aromatic nitrogens is 6. The third-order valence-electron chi connectivity index (χ3n) is 5.29. The van der Waals surface area contributed by atoms with Crippen LogP contribution in [-0.4, -0.2) is 29.7 Å². The Balaban J connectivity index is 1.53. The van der Waals surface area contributed by atoms with Crippen molar-refractivity contribution in [3.05, 3.63) is 81.0 Å². The number of benzene rings is 1. The van der Waals surface area contributed by atoms with Crippen molar-refractivity contribution in [2.75, 3.05) is 0 Å². The number of aryl methyl sites for hydroxylation is 3. The predicted octanol–water partition coefficient (Wildman–Crippen LogP) is 4.84. The summed E-state index contributed by atoms with van der Waals surface area (Å²) in [5, 5.41) is 10.3. The van der Waals surface area contributed by atoms with E-state index in [1.807, 2.05) is 30.5 Å². The van der Waals surface area contributed by atoms with Gasteiger partial charge in [0, 0.05) is 28.5 Å². The first-order chi connectivity index (χ1) is 15.5. The molecule has 0 aliphatic heterocycles. The van der Waals surface area contributed by atoms with Crippen LogP contribution in [0.2, 0.25) is 0 Å². The molecule has 0 unspecified atom stereocenters. The van der Waals surface area contributed by atoms with E-state index in [1.54, 1.807) is 23.7 Å². The molecule has 0 aliphatic carbocycles. The van der Waals surface area contributed by atoms with Crippen LogP contribution in [0.5, 0.6) is 0 Å². The smallest absolute Gasteiger partial charge is 0.259 e. The van der Waals surface area contributed by atoms with E-state index >= 15 is 0 Å². The standard InChI is InChI=1S/C23H20N6OS2/c1-13-4-6-17(7-5-13)29-20(16-8-10-24-11-9-16)27-28-23(29)31-12-18-25-21(30)19-14(2)15(3)32-22(19)26-18/h4-11H,12H2,1-3H3,(H,25,26,30). The molecule has 0 radical (unpaired) electrons. The first kappa shape index (κ1) is 20.6. The van der Waals surface area contributed by atoms with Gasteiger partial charge in [-0.2, -0.15) is 0 Å². The second kappa shape index (κ2) is 8.33. The molecule has 0 spiro atoms. The molecule has 4 heterocycles. The summed E-state index contributed by atoms with van der Waals surface area (Å²) in [6.07, 6.45) is 3.48. The Hall–Kier alpha value is -3.30. The van der Waals surface area contributed by atoms with Gasteiger partial charge in [-0.3, -0.25) is 14.3 Å². The van der Waals surface area contributed by atoms with E-state index in [-0.39, 0.29) is 5.56 Å². The largest absolute Gasteiger partial charge is 0.309 e. The van der Waals surface area contributed by atoms with Gasteiger partial charge in [-0.25, -0.2) is 4.98 Å². The molecule has 0 fully saturated rings. The Bertz CT molecular complexity index is 1470. The average Bonchev–Trinajstić information content (AvgIpc) is 3.34. The molecule has 0 atom stereocenters. The van der Waals surface area contributed by atoms with Crippen LogP contribution in [-0.2, 0) is 5.75 Å². The van der Waals surface area contributed by atoms with Crippen LogP contribution in [0.3, 0.4) is 0 Å². The molecule has 0 aliphatic rings.